The van der Waals surface area contributed by atoms with Crippen molar-refractivity contribution >= 4 is 33.3 Å². The van der Waals surface area contributed by atoms with E-state index < -0.39 is 10.0 Å². The van der Waals surface area contributed by atoms with Gasteiger partial charge in [-0.15, -0.1) is 12.4 Å². The minimum absolute atomic E-state index is 0. The first-order valence-electron chi connectivity index (χ1n) is 8.15. The van der Waals surface area contributed by atoms with Crippen LogP contribution in [0.25, 0.3) is 10.9 Å². The topological polar surface area (TPSA) is 68.3 Å². The second kappa shape index (κ2) is 7.04. The highest BCUT2D eigenvalue weighted by Gasteiger charge is 2.38. The number of halogens is 1. The number of rotatable bonds is 3. The molecule has 7 heteroatoms. The largest absolute Gasteiger partial charge is 0.347 e. The Balaban J connectivity index is 0.00000208. The van der Waals surface area contributed by atoms with Crippen molar-refractivity contribution < 1.29 is 8.42 Å². The Morgan fingerprint density at radius 3 is 2.62 bits per heavy atom. The molecule has 0 bridgehead atoms. The fourth-order valence-corrected chi connectivity index (χ4v) is 6.00. The summed E-state index contributed by atoms with van der Waals surface area (Å²) in [5, 5.41) is 0.793. The van der Waals surface area contributed by atoms with Gasteiger partial charge >= 0.3 is 0 Å². The van der Waals surface area contributed by atoms with Gasteiger partial charge in [0.1, 0.15) is 4.90 Å². The molecule has 0 aliphatic carbocycles. The minimum Gasteiger partial charge on any atom is -0.347 e. The van der Waals surface area contributed by atoms with Gasteiger partial charge in [-0.05, 0) is 31.7 Å². The second-order valence-corrected chi connectivity index (χ2v) is 8.36. The van der Waals surface area contributed by atoms with E-state index in [-0.39, 0.29) is 18.4 Å². The molecule has 0 amide bonds. The number of benzene rings is 1. The number of nitrogens with two attached hydrogens (primary N) is 1. The first-order valence-corrected chi connectivity index (χ1v) is 9.59. The summed E-state index contributed by atoms with van der Waals surface area (Å²) in [5.41, 5.74) is 7.62. The Labute approximate surface area is 150 Å². The Morgan fingerprint density at radius 1 is 1.29 bits per heavy atom. The molecule has 1 aromatic carbocycles. The molecule has 2 unspecified atom stereocenters. The zero-order valence-corrected chi connectivity index (χ0v) is 16.0. The monoisotopic (exact) mass is 371 g/mol. The number of aromatic nitrogens is 1. The summed E-state index contributed by atoms with van der Waals surface area (Å²) in [5.74, 6) is 0.291. The molecule has 134 valence electrons. The molecule has 1 aliphatic heterocycles. The first kappa shape index (κ1) is 19.2. The number of hydrogen-bond acceptors (Lipinski definition) is 3. The molecule has 24 heavy (non-hydrogen) atoms. The lowest BCUT2D eigenvalue weighted by Gasteiger charge is -2.38. The fourth-order valence-electron chi connectivity index (χ4n) is 3.79. The molecule has 5 nitrogen and oxygen atoms in total. The van der Waals surface area contributed by atoms with Crippen LogP contribution in [-0.4, -0.2) is 36.4 Å². The van der Waals surface area contributed by atoms with Gasteiger partial charge in [0, 0.05) is 42.8 Å². The Hall–Kier alpha value is -1.08. The van der Waals surface area contributed by atoms with Gasteiger partial charge in [-0.25, -0.2) is 8.42 Å². The SMILES string of the molecule is Cc1c(S(=O)(=O)N2CCCC(C)C2CN)c2ccccc2n1C.Cl. The molecule has 1 fully saturated rings. The molecule has 0 saturated carbocycles. The maximum absolute atomic E-state index is 13.4. The van der Waals surface area contributed by atoms with Crippen LogP contribution in [0.15, 0.2) is 29.2 Å². The molecule has 3 rings (SSSR count). The van der Waals surface area contributed by atoms with Crippen LogP contribution in [0, 0.1) is 12.8 Å². The van der Waals surface area contributed by atoms with E-state index in [1.807, 2.05) is 42.8 Å². The molecule has 1 aliphatic rings. The van der Waals surface area contributed by atoms with Gasteiger partial charge in [0.2, 0.25) is 10.0 Å². The zero-order valence-electron chi connectivity index (χ0n) is 14.4. The van der Waals surface area contributed by atoms with Gasteiger partial charge < -0.3 is 10.3 Å². The number of hydrogen-bond donors (Lipinski definition) is 1. The van der Waals surface area contributed by atoms with Crippen LogP contribution in [0.3, 0.4) is 0 Å². The number of aryl methyl sites for hydroxylation is 1. The van der Waals surface area contributed by atoms with Gasteiger partial charge in [0.25, 0.3) is 0 Å². The van der Waals surface area contributed by atoms with E-state index in [0.717, 1.165) is 29.4 Å². The lowest BCUT2D eigenvalue weighted by atomic mass is 9.93. The number of para-hydroxylation sites is 1. The highest BCUT2D eigenvalue weighted by molar-refractivity contribution is 7.89. The molecule has 1 saturated heterocycles. The summed E-state index contributed by atoms with van der Waals surface area (Å²) in [4.78, 5) is 0.433. The Bertz CT molecular complexity index is 832. The summed E-state index contributed by atoms with van der Waals surface area (Å²) in [7, 11) is -1.65. The first-order chi connectivity index (χ1) is 10.9. The van der Waals surface area contributed by atoms with Crippen LogP contribution < -0.4 is 5.73 Å². The average molecular weight is 372 g/mol. The molecule has 0 spiro atoms. The van der Waals surface area contributed by atoms with Gasteiger partial charge in [-0.3, -0.25) is 0 Å². The normalized spacial score (nSPS) is 22.5. The third-order valence-electron chi connectivity index (χ3n) is 5.21. The second-order valence-electron chi connectivity index (χ2n) is 6.53. The van der Waals surface area contributed by atoms with E-state index in [1.54, 1.807) is 4.31 Å². The Kier molecular flexibility index (Phi) is 5.64. The van der Waals surface area contributed by atoms with Gasteiger partial charge in [0.05, 0.1) is 0 Å². The molecule has 2 heterocycles. The van der Waals surface area contributed by atoms with Crippen molar-refractivity contribution in [3.05, 3.63) is 30.0 Å². The van der Waals surface area contributed by atoms with Crippen LogP contribution >= 0.6 is 12.4 Å². The highest BCUT2D eigenvalue weighted by atomic mass is 35.5. The van der Waals surface area contributed by atoms with Crippen LogP contribution in [0.1, 0.15) is 25.5 Å². The van der Waals surface area contributed by atoms with Crippen LogP contribution in [-0.2, 0) is 17.1 Å². The predicted molar refractivity (Wildman–Crippen MR) is 100 cm³/mol. The van der Waals surface area contributed by atoms with Crippen molar-refractivity contribution in [2.24, 2.45) is 18.7 Å². The van der Waals surface area contributed by atoms with E-state index in [2.05, 4.69) is 6.92 Å². The van der Waals surface area contributed by atoms with Gasteiger partial charge in [0.15, 0.2) is 0 Å². The molecular weight excluding hydrogens is 346 g/mol. The molecule has 2 aromatic rings. The van der Waals surface area contributed by atoms with Crippen LogP contribution in [0.2, 0.25) is 0 Å². The zero-order chi connectivity index (χ0) is 16.8. The standard InChI is InChI=1S/C17H25N3O2S.ClH/c1-12-7-6-10-20(16(12)11-18)23(21,22)17-13(2)19(3)15-9-5-4-8-14(15)17;/h4-5,8-9,12,16H,6-7,10-11,18H2,1-3H3;1H. The number of piperidine rings is 1. The van der Waals surface area contributed by atoms with Crippen molar-refractivity contribution in [2.75, 3.05) is 13.1 Å². The average Bonchev–Trinajstić information content (AvgIpc) is 2.79. The minimum atomic E-state index is -3.56. The van der Waals surface area contributed by atoms with E-state index in [1.165, 1.54) is 0 Å². The van der Waals surface area contributed by atoms with Crippen LogP contribution in [0.5, 0.6) is 0 Å². The quantitative estimate of drug-likeness (QED) is 0.901. The lowest BCUT2D eigenvalue weighted by molar-refractivity contribution is 0.192. The fraction of sp³-hybridized carbons (Fsp3) is 0.529. The summed E-state index contributed by atoms with van der Waals surface area (Å²) >= 11 is 0. The molecule has 2 N–H and O–H groups in total. The maximum Gasteiger partial charge on any atom is 0.245 e. The summed E-state index contributed by atoms with van der Waals surface area (Å²) < 4.78 is 30.4. The molecule has 2 atom stereocenters. The van der Waals surface area contributed by atoms with Crippen molar-refractivity contribution in [2.45, 2.75) is 37.6 Å². The van der Waals surface area contributed by atoms with Crippen molar-refractivity contribution in [3.63, 3.8) is 0 Å². The summed E-state index contributed by atoms with van der Waals surface area (Å²) in [6.07, 6.45) is 1.92. The smallest absolute Gasteiger partial charge is 0.245 e. The van der Waals surface area contributed by atoms with Gasteiger partial charge in [-0.2, -0.15) is 4.31 Å². The van der Waals surface area contributed by atoms with Gasteiger partial charge in [-0.1, -0.05) is 25.1 Å². The molecule has 1 aromatic heterocycles. The molecular formula is C17H26ClN3O2S. The van der Waals surface area contributed by atoms with E-state index in [0.29, 0.717) is 23.9 Å². The van der Waals surface area contributed by atoms with E-state index in [9.17, 15) is 8.42 Å². The third kappa shape index (κ3) is 2.86. The Morgan fingerprint density at radius 2 is 1.96 bits per heavy atom. The third-order valence-corrected chi connectivity index (χ3v) is 7.32. The van der Waals surface area contributed by atoms with E-state index >= 15 is 0 Å². The van der Waals surface area contributed by atoms with Crippen LogP contribution in [0.4, 0.5) is 0 Å². The predicted octanol–water partition coefficient (Wildman–Crippen LogP) is 2.66. The number of sulfonamides is 1. The summed E-state index contributed by atoms with van der Waals surface area (Å²) in [6, 6.07) is 7.55. The van der Waals surface area contributed by atoms with Crippen molar-refractivity contribution in [3.8, 4) is 0 Å². The molecule has 0 radical (unpaired) electrons. The van der Waals surface area contributed by atoms with Crippen molar-refractivity contribution in [1.82, 2.24) is 8.87 Å². The van der Waals surface area contributed by atoms with Crippen molar-refractivity contribution in [1.29, 1.82) is 0 Å². The summed E-state index contributed by atoms with van der Waals surface area (Å²) in [6.45, 7) is 4.88. The number of nitrogens with zero attached hydrogens (tertiary/aromatic N) is 2. The highest BCUT2D eigenvalue weighted by Crippen LogP contribution is 2.35. The van der Waals surface area contributed by atoms with E-state index in [4.69, 9.17) is 5.73 Å². The lowest BCUT2D eigenvalue weighted by Crippen LogP contribution is -2.51. The maximum atomic E-state index is 13.4. The number of fused-ring (bicyclic) bond motifs is 1.